The summed E-state index contributed by atoms with van der Waals surface area (Å²) >= 11 is 1.37. The van der Waals surface area contributed by atoms with Gasteiger partial charge in [0.1, 0.15) is 4.88 Å². The molecule has 7 heteroatoms. The first-order valence-corrected chi connectivity index (χ1v) is 8.75. The molecule has 3 rings (SSSR count). The maximum absolute atomic E-state index is 12.4. The Morgan fingerprint density at radius 2 is 1.88 bits per heavy atom. The van der Waals surface area contributed by atoms with Crippen molar-refractivity contribution in [3.8, 4) is 10.4 Å². The van der Waals surface area contributed by atoms with Crippen LogP contribution < -0.4 is 10.6 Å². The zero-order valence-corrected chi connectivity index (χ0v) is 14.7. The Balaban J connectivity index is 1.74. The van der Waals surface area contributed by atoms with Crippen molar-refractivity contribution in [1.82, 2.24) is 10.6 Å². The zero-order valence-electron chi connectivity index (χ0n) is 13.9. The van der Waals surface area contributed by atoms with Crippen LogP contribution in [0, 0.1) is 0 Å². The molecule has 3 amide bonds. The molecule has 0 bridgehead atoms. The zero-order chi connectivity index (χ0) is 18.0. The molecule has 2 N–H and O–H groups in total. The Bertz CT molecular complexity index is 843. The molecule has 1 aromatic heterocycles. The summed E-state index contributed by atoms with van der Waals surface area (Å²) in [5.74, 6) is -1.23. The third-order valence-electron chi connectivity index (χ3n) is 4.05. The lowest BCUT2D eigenvalue weighted by atomic mass is 9.91. The number of thiophene rings is 1. The molecule has 0 saturated carbocycles. The number of rotatable bonds is 3. The van der Waals surface area contributed by atoms with Gasteiger partial charge in [0.15, 0.2) is 6.10 Å². The monoisotopic (exact) mass is 358 g/mol. The first-order chi connectivity index (χ1) is 12.0. The van der Waals surface area contributed by atoms with Gasteiger partial charge in [-0.1, -0.05) is 24.3 Å². The van der Waals surface area contributed by atoms with Gasteiger partial charge in [-0.05, 0) is 42.5 Å². The van der Waals surface area contributed by atoms with Crippen molar-refractivity contribution in [3.63, 3.8) is 0 Å². The van der Waals surface area contributed by atoms with Gasteiger partial charge in [0.2, 0.25) is 0 Å². The van der Waals surface area contributed by atoms with Gasteiger partial charge in [-0.25, -0.2) is 9.59 Å². The summed E-state index contributed by atoms with van der Waals surface area (Å²) in [7, 11) is 1.40. The van der Waals surface area contributed by atoms with Crippen molar-refractivity contribution >= 4 is 29.2 Å². The first-order valence-electron chi connectivity index (χ1n) is 7.94. The Morgan fingerprint density at radius 1 is 1.16 bits per heavy atom. The molecular weight excluding hydrogens is 340 g/mol. The number of esters is 1. The summed E-state index contributed by atoms with van der Waals surface area (Å²) in [5, 5.41) is 4.35. The van der Waals surface area contributed by atoms with Gasteiger partial charge >= 0.3 is 12.0 Å². The number of aryl methyl sites for hydroxylation is 2. The van der Waals surface area contributed by atoms with Crippen molar-refractivity contribution < 1.29 is 19.1 Å². The van der Waals surface area contributed by atoms with Crippen LogP contribution in [0.2, 0.25) is 0 Å². The number of fused-ring (bicyclic) bond motifs is 3. The molecular formula is C18H18N2O4S. The smallest absolute Gasteiger partial charge is 0.349 e. The van der Waals surface area contributed by atoms with E-state index in [9.17, 15) is 14.4 Å². The number of hydrogen-bond acceptors (Lipinski definition) is 5. The molecule has 1 atom stereocenters. The van der Waals surface area contributed by atoms with Crippen LogP contribution in [0.25, 0.3) is 10.4 Å². The third-order valence-corrected chi connectivity index (χ3v) is 5.24. The fraction of sp³-hybridized carbons (Fsp3) is 0.278. The number of benzene rings is 1. The summed E-state index contributed by atoms with van der Waals surface area (Å²) in [4.78, 5) is 36.8. The summed E-state index contributed by atoms with van der Waals surface area (Å²) in [6, 6.07) is 9.34. The summed E-state index contributed by atoms with van der Waals surface area (Å²) in [5.41, 5.74) is 3.55. The standard InChI is InChI=1S/C18H18N2O4S/c1-10(16(21)20-18(23)19-2)24-17(22)14-9-12-8-7-11-5-3-4-6-13(11)15(12)25-14/h3-6,9-10H,7-8H2,1-2H3,(H2,19,20,21,23)/t10-/m0/s1. The average molecular weight is 358 g/mol. The summed E-state index contributed by atoms with van der Waals surface area (Å²) < 4.78 is 5.19. The van der Waals surface area contributed by atoms with Crippen molar-refractivity contribution in [2.24, 2.45) is 0 Å². The van der Waals surface area contributed by atoms with E-state index in [4.69, 9.17) is 4.74 Å². The van der Waals surface area contributed by atoms with E-state index in [2.05, 4.69) is 22.8 Å². The first kappa shape index (κ1) is 17.2. The second kappa shape index (κ2) is 7.06. The molecule has 130 valence electrons. The normalized spacial score (nSPS) is 13.2. The molecule has 1 aliphatic carbocycles. The molecule has 0 fully saturated rings. The molecule has 1 aliphatic rings. The number of ether oxygens (including phenoxy) is 1. The van der Waals surface area contributed by atoms with Crippen molar-refractivity contribution in [1.29, 1.82) is 0 Å². The molecule has 2 aromatic rings. The molecule has 6 nitrogen and oxygen atoms in total. The van der Waals surface area contributed by atoms with Gasteiger partial charge in [-0.15, -0.1) is 11.3 Å². The molecule has 0 spiro atoms. The van der Waals surface area contributed by atoms with E-state index in [1.807, 2.05) is 18.2 Å². The van der Waals surface area contributed by atoms with Crippen LogP contribution in [-0.4, -0.2) is 31.1 Å². The molecule has 1 aromatic carbocycles. The van der Waals surface area contributed by atoms with Crippen molar-refractivity contribution in [2.45, 2.75) is 25.9 Å². The second-order valence-electron chi connectivity index (χ2n) is 5.74. The van der Waals surface area contributed by atoms with E-state index in [1.54, 1.807) is 0 Å². The highest BCUT2D eigenvalue weighted by molar-refractivity contribution is 7.17. The maximum Gasteiger partial charge on any atom is 0.349 e. The highest BCUT2D eigenvalue weighted by Gasteiger charge is 2.25. The Kier molecular flexibility index (Phi) is 4.85. The topological polar surface area (TPSA) is 84.5 Å². The minimum atomic E-state index is -1.06. The summed E-state index contributed by atoms with van der Waals surface area (Å²) in [6.45, 7) is 1.43. The van der Waals surface area contributed by atoms with Crippen LogP contribution in [-0.2, 0) is 22.4 Å². The quantitative estimate of drug-likeness (QED) is 0.826. The highest BCUT2D eigenvalue weighted by Crippen LogP contribution is 2.39. The lowest BCUT2D eigenvalue weighted by molar-refractivity contribution is -0.127. The lowest BCUT2D eigenvalue weighted by Gasteiger charge is -2.15. The van der Waals surface area contributed by atoms with Crippen LogP contribution in [0.15, 0.2) is 30.3 Å². The fourth-order valence-corrected chi connectivity index (χ4v) is 3.87. The minimum absolute atomic E-state index is 0.460. The van der Waals surface area contributed by atoms with E-state index in [0.717, 1.165) is 28.8 Å². The van der Waals surface area contributed by atoms with E-state index >= 15 is 0 Å². The van der Waals surface area contributed by atoms with Crippen LogP contribution in [0.5, 0.6) is 0 Å². The number of carbonyl (C=O) groups is 3. The minimum Gasteiger partial charge on any atom is -0.448 e. The van der Waals surface area contributed by atoms with Gasteiger partial charge in [0.25, 0.3) is 5.91 Å². The predicted molar refractivity (Wildman–Crippen MR) is 94.6 cm³/mol. The van der Waals surface area contributed by atoms with E-state index < -0.39 is 24.0 Å². The Labute approximate surface area is 149 Å². The number of amides is 3. The second-order valence-corrected chi connectivity index (χ2v) is 6.79. The molecule has 0 saturated heterocycles. The fourth-order valence-electron chi connectivity index (χ4n) is 2.72. The van der Waals surface area contributed by atoms with Gasteiger partial charge in [-0.2, -0.15) is 0 Å². The number of hydrogen-bond donors (Lipinski definition) is 2. The van der Waals surface area contributed by atoms with Gasteiger partial charge in [-0.3, -0.25) is 10.1 Å². The van der Waals surface area contributed by atoms with Gasteiger partial charge < -0.3 is 10.1 Å². The Hall–Kier alpha value is -2.67. The van der Waals surface area contributed by atoms with Crippen LogP contribution >= 0.6 is 11.3 Å². The van der Waals surface area contributed by atoms with Crippen LogP contribution in [0.3, 0.4) is 0 Å². The number of nitrogens with one attached hydrogen (secondary N) is 2. The van der Waals surface area contributed by atoms with Crippen LogP contribution in [0.1, 0.15) is 27.7 Å². The molecule has 0 unspecified atom stereocenters. The molecule has 1 heterocycles. The van der Waals surface area contributed by atoms with E-state index in [1.165, 1.54) is 30.9 Å². The van der Waals surface area contributed by atoms with Crippen LogP contribution in [0.4, 0.5) is 4.79 Å². The molecule has 25 heavy (non-hydrogen) atoms. The third kappa shape index (κ3) is 3.56. The Morgan fingerprint density at radius 3 is 2.64 bits per heavy atom. The maximum atomic E-state index is 12.4. The largest absolute Gasteiger partial charge is 0.448 e. The number of imide groups is 1. The average Bonchev–Trinajstić information content (AvgIpc) is 3.06. The van der Waals surface area contributed by atoms with Crippen molar-refractivity contribution in [3.05, 3.63) is 46.3 Å². The van der Waals surface area contributed by atoms with Gasteiger partial charge in [0, 0.05) is 11.9 Å². The predicted octanol–water partition coefficient (Wildman–Crippen LogP) is 2.51. The summed E-state index contributed by atoms with van der Waals surface area (Å²) in [6.07, 6.45) is 0.763. The number of urea groups is 1. The highest BCUT2D eigenvalue weighted by atomic mass is 32.1. The van der Waals surface area contributed by atoms with E-state index in [-0.39, 0.29) is 0 Å². The SMILES string of the molecule is CNC(=O)NC(=O)[C@H](C)OC(=O)c1cc2c(s1)-c1ccccc1CC2. The molecule has 0 radical (unpaired) electrons. The van der Waals surface area contributed by atoms with Gasteiger partial charge in [0.05, 0.1) is 0 Å². The molecule has 0 aliphatic heterocycles. The lowest BCUT2D eigenvalue weighted by Crippen LogP contribution is -2.43. The van der Waals surface area contributed by atoms with E-state index in [0.29, 0.717) is 4.88 Å². The van der Waals surface area contributed by atoms with Crippen molar-refractivity contribution in [2.75, 3.05) is 7.05 Å². The number of carbonyl (C=O) groups excluding carboxylic acids is 3.